The summed E-state index contributed by atoms with van der Waals surface area (Å²) in [4.78, 5) is 35.5. The fraction of sp³-hybridized carbons (Fsp3) is 0.296. The van der Waals surface area contributed by atoms with Crippen molar-refractivity contribution in [2.75, 3.05) is 18.0 Å². The summed E-state index contributed by atoms with van der Waals surface area (Å²) in [6.07, 6.45) is 1.33. The van der Waals surface area contributed by atoms with Crippen LogP contribution in [0.25, 0.3) is 21.3 Å². The molecule has 2 aromatic heterocycles. The molecule has 1 aliphatic heterocycles. The molecule has 1 saturated heterocycles. The third-order valence-corrected chi connectivity index (χ3v) is 7.61. The number of aromatic nitrogens is 2. The predicted molar refractivity (Wildman–Crippen MR) is 138 cm³/mol. The number of H-pyrrole nitrogens is 1. The van der Waals surface area contributed by atoms with Crippen LogP contribution in [0.1, 0.15) is 36.9 Å². The fourth-order valence-electron chi connectivity index (χ4n) is 4.60. The quantitative estimate of drug-likeness (QED) is 0.403. The van der Waals surface area contributed by atoms with Gasteiger partial charge in [-0.1, -0.05) is 42.0 Å². The summed E-state index contributed by atoms with van der Waals surface area (Å²) in [6.45, 7) is 5.20. The second-order valence-electron chi connectivity index (χ2n) is 9.13. The molecule has 2 aromatic carbocycles. The Morgan fingerprint density at radius 3 is 2.66 bits per heavy atom. The first-order chi connectivity index (χ1) is 16.9. The zero-order valence-electron chi connectivity index (χ0n) is 19.7. The summed E-state index contributed by atoms with van der Waals surface area (Å²) in [5.74, 6) is 0.137. The Morgan fingerprint density at radius 2 is 1.94 bits per heavy atom. The molecular weight excluding hydrogens is 463 g/mol. The van der Waals surface area contributed by atoms with Crippen LogP contribution in [-0.4, -0.2) is 29.0 Å². The molecule has 0 spiro atoms. The second-order valence-corrected chi connectivity index (χ2v) is 10.0. The van der Waals surface area contributed by atoms with Gasteiger partial charge in [-0.3, -0.25) is 14.6 Å². The molecule has 0 aliphatic carbocycles. The highest BCUT2D eigenvalue weighted by Crippen LogP contribution is 2.32. The highest BCUT2D eigenvalue weighted by molar-refractivity contribution is 7.17. The van der Waals surface area contributed by atoms with Crippen LogP contribution in [-0.2, 0) is 4.79 Å². The zero-order chi connectivity index (χ0) is 24.5. The Morgan fingerprint density at radius 1 is 1.20 bits per heavy atom. The molecular formula is C27H27FN4O2S. The van der Waals surface area contributed by atoms with Crippen molar-refractivity contribution in [1.29, 1.82) is 0 Å². The summed E-state index contributed by atoms with van der Waals surface area (Å²) in [5.41, 5.74) is 4.61. The van der Waals surface area contributed by atoms with Crippen molar-refractivity contribution >= 4 is 33.4 Å². The van der Waals surface area contributed by atoms with Gasteiger partial charge in [-0.25, -0.2) is 9.37 Å². The third kappa shape index (κ3) is 4.84. The molecule has 1 fully saturated rings. The first kappa shape index (κ1) is 23.2. The summed E-state index contributed by atoms with van der Waals surface area (Å²) in [5, 5.41) is 5.04. The van der Waals surface area contributed by atoms with Crippen molar-refractivity contribution < 1.29 is 9.18 Å². The van der Waals surface area contributed by atoms with E-state index < -0.39 is 0 Å². The standard InChI is InChI=1S/C27H27FN4O2S/c1-16-4-3-5-20(14-16)22-15-35-24-23(22)30-27(31-26(24)34)32-12-10-19(11-13-32)25(33)29-17(2)18-6-8-21(28)9-7-18/h3-9,14-15,17,19H,10-13H2,1-2H3,(H,29,33)(H,30,31,34)/t17-/m1/s1. The van der Waals surface area contributed by atoms with E-state index >= 15 is 0 Å². The van der Waals surface area contributed by atoms with E-state index in [2.05, 4.69) is 16.4 Å². The Bertz CT molecular complexity index is 1420. The number of piperidine rings is 1. The van der Waals surface area contributed by atoms with Gasteiger partial charge in [-0.2, -0.15) is 0 Å². The van der Waals surface area contributed by atoms with Gasteiger partial charge in [0.1, 0.15) is 10.5 Å². The van der Waals surface area contributed by atoms with Gasteiger partial charge in [0, 0.05) is 30.0 Å². The van der Waals surface area contributed by atoms with Gasteiger partial charge in [-0.05, 0) is 49.9 Å². The van der Waals surface area contributed by atoms with Crippen molar-refractivity contribution in [3.8, 4) is 11.1 Å². The van der Waals surface area contributed by atoms with Gasteiger partial charge < -0.3 is 10.2 Å². The number of benzene rings is 2. The lowest BCUT2D eigenvalue weighted by molar-refractivity contribution is -0.126. The molecule has 5 rings (SSSR count). The number of aryl methyl sites for hydroxylation is 1. The smallest absolute Gasteiger partial charge is 0.270 e. The first-order valence-electron chi connectivity index (χ1n) is 11.8. The third-order valence-electron chi connectivity index (χ3n) is 6.64. The summed E-state index contributed by atoms with van der Waals surface area (Å²) in [7, 11) is 0. The van der Waals surface area contributed by atoms with Gasteiger partial charge in [0.2, 0.25) is 11.9 Å². The highest BCUT2D eigenvalue weighted by Gasteiger charge is 2.27. The highest BCUT2D eigenvalue weighted by atomic mass is 32.1. The first-order valence-corrected chi connectivity index (χ1v) is 12.7. The van der Waals surface area contributed by atoms with Crippen molar-refractivity contribution in [1.82, 2.24) is 15.3 Å². The number of fused-ring (bicyclic) bond motifs is 1. The molecule has 8 heteroatoms. The summed E-state index contributed by atoms with van der Waals surface area (Å²) >= 11 is 1.41. The molecule has 1 aliphatic rings. The summed E-state index contributed by atoms with van der Waals surface area (Å²) < 4.78 is 13.8. The maximum absolute atomic E-state index is 13.2. The van der Waals surface area contributed by atoms with Crippen LogP contribution in [0.15, 0.2) is 58.7 Å². The average Bonchev–Trinajstić information content (AvgIpc) is 3.29. The number of nitrogens with zero attached hydrogens (tertiary/aromatic N) is 2. The Kier molecular flexibility index (Phi) is 6.38. The minimum atomic E-state index is -0.294. The van der Waals surface area contributed by atoms with E-state index in [0.29, 0.717) is 42.1 Å². The number of rotatable bonds is 5. The number of carbonyl (C=O) groups is 1. The molecule has 0 saturated carbocycles. The van der Waals surface area contributed by atoms with Crippen LogP contribution in [0.4, 0.5) is 10.3 Å². The van der Waals surface area contributed by atoms with Gasteiger partial charge in [0.05, 0.1) is 11.6 Å². The average molecular weight is 491 g/mol. The molecule has 4 aromatic rings. The van der Waals surface area contributed by atoms with Crippen LogP contribution in [0.2, 0.25) is 0 Å². The maximum Gasteiger partial charge on any atom is 0.270 e. The van der Waals surface area contributed by atoms with Gasteiger partial charge in [-0.15, -0.1) is 11.3 Å². The number of anilines is 1. The number of hydrogen-bond donors (Lipinski definition) is 2. The fourth-order valence-corrected chi connectivity index (χ4v) is 5.51. The SMILES string of the molecule is Cc1cccc(-c2csc3c(=O)[nH]c(N4CCC(C(=O)N[C@H](C)c5ccc(F)cc5)CC4)nc23)c1. The van der Waals surface area contributed by atoms with Crippen LogP contribution in [0.5, 0.6) is 0 Å². The number of aromatic amines is 1. The topological polar surface area (TPSA) is 78.1 Å². The van der Waals surface area contributed by atoms with Crippen molar-refractivity contribution in [2.45, 2.75) is 32.7 Å². The van der Waals surface area contributed by atoms with Crippen LogP contribution < -0.4 is 15.8 Å². The number of amides is 1. The number of halogens is 1. The molecule has 1 atom stereocenters. The Labute approximate surface area is 206 Å². The van der Waals surface area contributed by atoms with Crippen LogP contribution in [0, 0.1) is 18.7 Å². The molecule has 2 N–H and O–H groups in total. The minimum Gasteiger partial charge on any atom is -0.349 e. The summed E-state index contributed by atoms with van der Waals surface area (Å²) in [6, 6.07) is 14.2. The lowest BCUT2D eigenvalue weighted by atomic mass is 9.95. The molecule has 3 heterocycles. The van der Waals surface area contributed by atoms with Crippen molar-refractivity contribution in [3.63, 3.8) is 0 Å². The molecule has 1 amide bonds. The maximum atomic E-state index is 13.2. The molecule has 35 heavy (non-hydrogen) atoms. The number of thiophene rings is 1. The molecule has 180 valence electrons. The van der Waals surface area contributed by atoms with Gasteiger partial charge in [0.25, 0.3) is 5.56 Å². The van der Waals surface area contributed by atoms with Gasteiger partial charge >= 0.3 is 0 Å². The lowest BCUT2D eigenvalue weighted by Crippen LogP contribution is -2.42. The van der Waals surface area contributed by atoms with E-state index in [0.717, 1.165) is 22.3 Å². The van der Waals surface area contributed by atoms with Crippen LogP contribution in [0.3, 0.4) is 0 Å². The van der Waals surface area contributed by atoms with E-state index in [4.69, 9.17) is 4.98 Å². The van der Waals surface area contributed by atoms with Crippen molar-refractivity contribution in [2.24, 2.45) is 5.92 Å². The Hall–Kier alpha value is -3.52. The van der Waals surface area contributed by atoms with Gasteiger partial charge in [0.15, 0.2) is 0 Å². The van der Waals surface area contributed by atoms with E-state index in [1.165, 1.54) is 23.5 Å². The normalized spacial score (nSPS) is 15.3. The van der Waals surface area contributed by atoms with Crippen molar-refractivity contribution in [3.05, 3.63) is 81.2 Å². The lowest BCUT2D eigenvalue weighted by Gasteiger charge is -2.32. The number of nitrogens with one attached hydrogen (secondary N) is 2. The molecule has 0 bridgehead atoms. The van der Waals surface area contributed by atoms with E-state index in [-0.39, 0.29) is 29.2 Å². The monoisotopic (exact) mass is 490 g/mol. The minimum absolute atomic E-state index is 0.00190. The molecule has 6 nitrogen and oxygen atoms in total. The zero-order valence-corrected chi connectivity index (χ0v) is 20.5. The number of hydrogen-bond acceptors (Lipinski definition) is 5. The molecule has 0 radical (unpaired) electrons. The second kappa shape index (κ2) is 9.62. The molecule has 0 unspecified atom stereocenters. The Balaban J connectivity index is 1.29. The number of carbonyl (C=O) groups excluding carboxylic acids is 1. The van der Waals surface area contributed by atoms with E-state index in [1.807, 2.05) is 42.3 Å². The predicted octanol–water partition coefficient (Wildman–Crippen LogP) is 5.19. The van der Waals surface area contributed by atoms with E-state index in [9.17, 15) is 14.0 Å². The van der Waals surface area contributed by atoms with E-state index in [1.54, 1.807) is 12.1 Å². The largest absolute Gasteiger partial charge is 0.349 e. The van der Waals surface area contributed by atoms with Crippen LogP contribution >= 0.6 is 11.3 Å².